The smallest absolute Gasteiger partial charge is 0.137 e. The average Bonchev–Trinajstić information content (AvgIpc) is 2.59. The van der Waals surface area contributed by atoms with Gasteiger partial charge in [-0.15, -0.1) is 0 Å². The summed E-state index contributed by atoms with van der Waals surface area (Å²) in [6.07, 6.45) is 17.8. The van der Waals surface area contributed by atoms with Crippen molar-refractivity contribution in [3.05, 3.63) is 91.5 Å². The molecule has 0 N–H and O–H groups in total. The van der Waals surface area contributed by atoms with Gasteiger partial charge in [-0.25, -0.2) is 4.99 Å². The number of allylic oxidation sites excluding steroid dienone is 7. The number of aromatic nitrogens is 1. The van der Waals surface area contributed by atoms with Crippen molar-refractivity contribution in [1.29, 1.82) is 0 Å². The van der Waals surface area contributed by atoms with Crippen LogP contribution in [0.1, 0.15) is 18.9 Å². The Hall–Kier alpha value is -2.68. The summed E-state index contributed by atoms with van der Waals surface area (Å²) < 4.78 is 0. The summed E-state index contributed by atoms with van der Waals surface area (Å²) in [5.41, 5.74) is 1.98. The van der Waals surface area contributed by atoms with E-state index in [2.05, 4.69) is 36.0 Å². The lowest BCUT2D eigenvalue weighted by Crippen LogP contribution is -2.28. The largest absolute Gasteiger partial charge is 0.355 e. The van der Waals surface area contributed by atoms with Gasteiger partial charge < -0.3 is 4.90 Å². The Morgan fingerprint density at radius 3 is 2.70 bits per heavy atom. The Kier molecular flexibility index (Phi) is 8.76. The van der Waals surface area contributed by atoms with Gasteiger partial charge in [0.1, 0.15) is 5.84 Å². The molecule has 0 fully saturated rings. The summed E-state index contributed by atoms with van der Waals surface area (Å²) in [7, 11) is 2.02. The van der Waals surface area contributed by atoms with E-state index >= 15 is 0 Å². The Balaban J connectivity index is 3.04. The minimum atomic E-state index is 0.750. The van der Waals surface area contributed by atoms with Gasteiger partial charge in [-0.2, -0.15) is 0 Å². The van der Waals surface area contributed by atoms with Crippen molar-refractivity contribution in [3.63, 3.8) is 0 Å². The van der Waals surface area contributed by atoms with E-state index in [0.717, 1.165) is 30.1 Å². The highest BCUT2D eigenvalue weighted by atomic mass is 15.2. The molecule has 1 heterocycles. The number of rotatable bonds is 8. The van der Waals surface area contributed by atoms with Crippen molar-refractivity contribution in [2.45, 2.75) is 13.3 Å². The number of aliphatic imine (C=N–C) groups is 1. The molecule has 0 aliphatic carbocycles. The maximum absolute atomic E-state index is 4.79. The van der Waals surface area contributed by atoms with E-state index in [-0.39, 0.29) is 0 Å². The summed E-state index contributed by atoms with van der Waals surface area (Å²) in [5.74, 6) is 0.894. The van der Waals surface area contributed by atoms with Crippen molar-refractivity contribution in [2.24, 2.45) is 4.99 Å². The number of hydrogen-bond donors (Lipinski definition) is 0. The minimum Gasteiger partial charge on any atom is -0.355 e. The third kappa shape index (κ3) is 6.74. The number of likely N-dealkylation sites (N-methyl/N-ethyl adjacent to an activating group) is 1. The summed E-state index contributed by atoms with van der Waals surface area (Å²) in [5, 5.41) is 0. The highest BCUT2D eigenvalue weighted by Crippen LogP contribution is 2.10. The van der Waals surface area contributed by atoms with Crippen LogP contribution in [0.25, 0.3) is 0 Å². The van der Waals surface area contributed by atoms with Gasteiger partial charge in [0.25, 0.3) is 0 Å². The van der Waals surface area contributed by atoms with E-state index in [1.165, 1.54) is 0 Å². The van der Waals surface area contributed by atoms with E-state index in [0.29, 0.717) is 0 Å². The van der Waals surface area contributed by atoms with E-state index in [9.17, 15) is 0 Å². The van der Waals surface area contributed by atoms with Crippen LogP contribution in [0.15, 0.2) is 90.9 Å². The third-order valence-electron chi connectivity index (χ3n) is 3.08. The SMILES string of the molecule is C=C/C=C\C=C/CN(C)C(=N/C(=C/C=C)CC)c1cccnc1. The molecule has 0 amide bonds. The summed E-state index contributed by atoms with van der Waals surface area (Å²) >= 11 is 0. The lowest BCUT2D eigenvalue weighted by Gasteiger charge is -2.20. The lowest BCUT2D eigenvalue weighted by atomic mass is 10.2. The molecular weight excluding hydrogens is 282 g/mol. The minimum absolute atomic E-state index is 0.750. The van der Waals surface area contributed by atoms with Crippen molar-refractivity contribution in [3.8, 4) is 0 Å². The van der Waals surface area contributed by atoms with Crippen LogP contribution in [-0.2, 0) is 0 Å². The second-order valence-corrected chi connectivity index (χ2v) is 4.85. The van der Waals surface area contributed by atoms with E-state index < -0.39 is 0 Å². The Morgan fingerprint density at radius 1 is 1.26 bits per heavy atom. The fraction of sp³-hybridized carbons (Fsp3) is 0.200. The fourth-order valence-electron chi connectivity index (χ4n) is 1.90. The molecule has 1 aromatic heterocycles. The zero-order chi connectivity index (χ0) is 16.9. The van der Waals surface area contributed by atoms with Gasteiger partial charge in [0.15, 0.2) is 0 Å². The van der Waals surface area contributed by atoms with E-state index in [1.807, 2.05) is 49.7 Å². The molecule has 120 valence electrons. The van der Waals surface area contributed by atoms with Crippen molar-refractivity contribution >= 4 is 5.84 Å². The Labute approximate surface area is 139 Å². The molecule has 0 aromatic carbocycles. The van der Waals surface area contributed by atoms with Crippen LogP contribution >= 0.6 is 0 Å². The molecule has 0 spiro atoms. The van der Waals surface area contributed by atoms with Gasteiger partial charge in [0.2, 0.25) is 0 Å². The molecule has 0 saturated heterocycles. The van der Waals surface area contributed by atoms with Gasteiger partial charge >= 0.3 is 0 Å². The van der Waals surface area contributed by atoms with Crippen LogP contribution < -0.4 is 0 Å². The van der Waals surface area contributed by atoms with Crippen LogP contribution in [-0.4, -0.2) is 29.3 Å². The van der Waals surface area contributed by atoms with Gasteiger partial charge in [-0.05, 0) is 24.6 Å². The van der Waals surface area contributed by atoms with Crippen molar-refractivity contribution < 1.29 is 0 Å². The number of pyridine rings is 1. The zero-order valence-corrected chi connectivity index (χ0v) is 14.0. The molecule has 0 saturated carbocycles. The molecule has 0 radical (unpaired) electrons. The average molecular weight is 307 g/mol. The number of hydrogen-bond acceptors (Lipinski definition) is 2. The summed E-state index contributed by atoms with van der Waals surface area (Å²) in [4.78, 5) is 11.1. The summed E-state index contributed by atoms with van der Waals surface area (Å²) in [6.45, 7) is 10.2. The first kappa shape index (κ1) is 18.4. The molecule has 1 aromatic rings. The van der Waals surface area contributed by atoms with Gasteiger partial charge in [-0.3, -0.25) is 4.98 Å². The van der Waals surface area contributed by atoms with Crippen LogP contribution in [0.4, 0.5) is 0 Å². The highest BCUT2D eigenvalue weighted by Gasteiger charge is 2.09. The molecule has 1 rings (SSSR count). The van der Waals surface area contributed by atoms with E-state index in [4.69, 9.17) is 4.99 Å². The topological polar surface area (TPSA) is 28.5 Å². The molecule has 3 heteroatoms. The quantitative estimate of drug-likeness (QED) is 0.401. The normalized spacial score (nSPS) is 12.8. The van der Waals surface area contributed by atoms with E-state index in [1.54, 1.807) is 18.3 Å². The molecule has 0 unspecified atom stereocenters. The molecule has 0 atom stereocenters. The predicted octanol–water partition coefficient (Wildman–Crippen LogP) is 4.54. The summed E-state index contributed by atoms with van der Waals surface area (Å²) in [6, 6.07) is 3.94. The maximum Gasteiger partial charge on any atom is 0.137 e. The Bertz CT molecular complexity index is 607. The van der Waals surface area contributed by atoms with Crippen LogP contribution in [0.5, 0.6) is 0 Å². The molecule has 0 aliphatic rings. The maximum atomic E-state index is 4.79. The molecule has 23 heavy (non-hydrogen) atoms. The first-order valence-electron chi connectivity index (χ1n) is 7.69. The third-order valence-corrected chi connectivity index (χ3v) is 3.08. The first-order valence-corrected chi connectivity index (χ1v) is 7.69. The monoisotopic (exact) mass is 307 g/mol. The second kappa shape index (κ2) is 11.0. The van der Waals surface area contributed by atoms with Gasteiger partial charge in [-0.1, -0.05) is 56.5 Å². The van der Waals surface area contributed by atoms with Gasteiger partial charge in [0, 0.05) is 37.2 Å². The predicted molar refractivity (Wildman–Crippen MR) is 100 cm³/mol. The van der Waals surface area contributed by atoms with Crippen LogP contribution in [0, 0.1) is 0 Å². The molecular formula is C20H25N3. The van der Waals surface area contributed by atoms with Crippen molar-refractivity contribution in [1.82, 2.24) is 9.88 Å². The second-order valence-electron chi connectivity index (χ2n) is 4.85. The number of amidine groups is 1. The number of nitrogens with zero attached hydrogens (tertiary/aromatic N) is 3. The molecule has 3 nitrogen and oxygen atoms in total. The molecule has 0 bridgehead atoms. The highest BCUT2D eigenvalue weighted by molar-refractivity contribution is 5.99. The van der Waals surface area contributed by atoms with Gasteiger partial charge in [0.05, 0.1) is 0 Å². The lowest BCUT2D eigenvalue weighted by molar-refractivity contribution is 0.563. The standard InChI is InChI=1S/C20H25N3/c1-5-8-9-10-11-16-23(4)20(18-14-12-15-21-17-18)22-19(7-3)13-6-2/h5-6,8-15,17H,1-2,7,16H2,3-4H3/b9-8-,11-10-,19-13+,22-20?. The van der Waals surface area contributed by atoms with Crippen LogP contribution in [0.3, 0.4) is 0 Å². The first-order chi connectivity index (χ1) is 11.2. The van der Waals surface area contributed by atoms with Crippen molar-refractivity contribution in [2.75, 3.05) is 13.6 Å². The molecule has 0 aliphatic heterocycles. The Morgan fingerprint density at radius 2 is 2.09 bits per heavy atom. The fourth-order valence-corrected chi connectivity index (χ4v) is 1.90. The van der Waals surface area contributed by atoms with Crippen LogP contribution in [0.2, 0.25) is 0 Å². The zero-order valence-electron chi connectivity index (χ0n) is 14.0.